The van der Waals surface area contributed by atoms with Crippen LogP contribution in [0.5, 0.6) is 0 Å². The monoisotopic (exact) mass is 262 g/mol. The Morgan fingerprint density at radius 1 is 0.895 bits per heavy atom. The van der Waals surface area contributed by atoms with Gasteiger partial charge in [0.25, 0.3) is 0 Å². The molecule has 0 aromatic heterocycles. The summed E-state index contributed by atoms with van der Waals surface area (Å²) in [5.41, 5.74) is 8.01. The molecule has 108 valence electrons. The molecule has 0 aliphatic heterocycles. The summed E-state index contributed by atoms with van der Waals surface area (Å²) in [5.74, 6) is 0. The minimum atomic E-state index is 0.892. The lowest BCUT2D eigenvalue weighted by Gasteiger charge is -2.07. The molecule has 0 saturated heterocycles. The van der Waals surface area contributed by atoms with Crippen molar-refractivity contribution in [3.63, 3.8) is 0 Å². The van der Waals surface area contributed by atoms with E-state index < -0.39 is 0 Å². The van der Waals surface area contributed by atoms with E-state index in [1.807, 2.05) is 18.2 Å². The van der Waals surface area contributed by atoms with Gasteiger partial charge in [-0.3, -0.25) is 0 Å². The van der Waals surface area contributed by atoms with E-state index in [0.717, 1.165) is 18.8 Å². The van der Waals surface area contributed by atoms with Gasteiger partial charge in [0.2, 0.25) is 0 Å². The van der Waals surface area contributed by atoms with Crippen LogP contribution in [0.4, 0.5) is 5.69 Å². The van der Waals surface area contributed by atoms with Crippen molar-refractivity contribution in [2.24, 2.45) is 0 Å². The van der Waals surface area contributed by atoms with Gasteiger partial charge in [-0.25, -0.2) is 0 Å². The SMILES string of the molecule is CCCCCCCCCCNCc1ccccc1N. The fraction of sp³-hybridized carbons (Fsp3) is 0.647. The van der Waals surface area contributed by atoms with Crippen molar-refractivity contribution >= 4 is 5.69 Å². The average molecular weight is 262 g/mol. The topological polar surface area (TPSA) is 38.0 Å². The third-order valence-electron chi connectivity index (χ3n) is 3.58. The summed E-state index contributed by atoms with van der Waals surface area (Å²) >= 11 is 0. The molecule has 0 saturated carbocycles. The van der Waals surface area contributed by atoms with Crippen LogP contribution in [0.25, 0.3) is 0 Å². The number of nitrogens with two attached hydrogens (primary N) is 1. The van der Waals surface area contributed by atoms with Crippen LogP contribution in [-0.4, -0.2) is 6.54 Å². The van der Waals surface area contributed by atoms with E-state index in [-0.39, 0.29) is 0 Å². The van der Waals surface area contributed by atoms with Crippen LogP contribution in [0.3, 0.4) is 0 Å². The average Bonchev–Trinajstić information content (AvgIpc) is 2.43. The summed E-state index contributed by atoms with van der Waals surface area (Å²) in [4.78, 5) is 0. The second-order valence-corrected chi connectivity index (χ2v) is 5.35. The molecule has 0 atom stereocenters. The Morgan fingerprint density at radius 2 is 1.53 bits per heavy atom. The number of para-hydroxylation sites is 1. The van der Waals surface area contributed by atoms with E-state index in [1.165, 1.54) is 56.9 Å². The maximum absolute atomic E-state index is 5.90. The number of hydrogen-bond donors (Lipinski definition) is 2. The van der Waals surface area contributed by atoms with E-state index in [2.05, 4.69) is 18.3 Å². The van der Waals surface area contributed by atoms with E-state index >= 15 is 0 Å². The number of nitrogens with one attached hydrogen (secondary N) is 1. The van der Waals surface area contributed by atoms with Gasteiger partial charge >= 0.3 is 0 Å². The molecular formula is C17H30N2. The summed E-state index contributed by atoms with van der Waals surface area (Å²) in [6, 6.07) is 8.09. The molecule has 2 heteroatoms. The van der Waals surface area contributed by atoms with Gasteiger partial charge in [-0.1, -0.05) is 70.1 Å². The largest absolute Gasteiger partial charge is 0.398 e. The molecule has 3 N–H and O–H groups in total. The number of nitrogen functional groups attached to an aromatic ring is 1. The summed E-state index contributed by atoms with van der Waals surface area (Å²) < 4.78 is 0. The fourth-order valence-corrected chi connectivity index (χ4v) is 2.30. The Morgan fingerprint density at radius 3 is 2.21 bits per heavy atom. The summed E-state index contributed by atoms with van der Waals surface area (Å²) in [6.07, 6.45) is 11.0. The maximum Gasteiger partial charge on any atom is 0.0359 e. The van der Waals surface area contributed by atoms with Gasteiger partial charge in [0, 0.05) is 12.2 Å². The molecule has 0 spiro atoms. The predicted octanol–water partition coefficient (Wildman–Crippen LogP) is 4.50. The Bertz CT molecular complexity index is 323. The van der Waals surface area contributed by atoms with Crippen LogP contribution in [0.15, 0.2) is 24.3 Å². The van der Waals surface area contributed by atoms with Gasteiger partial charge in [-0.05, 0) is 24.6 Å². The molecule has 1 aromatic rings. The second kappa shape index (κ2) is 10.9. The van der Waals surface area contributed by atoms with Crippen LogP contribution < -0.4 is 11.1 Å². The first-order chi connectivity index (χ1) is 9.34. The van der Waals surface area contributed by atoms with Crippen LogP contribution >= 0.6 is 0 Å². The van der Waals surface area contributed by atoms with Crippen LogP contribution in [0.1, 0.15) is 63.9 Å². The Hall–Kier alpha value is -1.02. The first-order valence-corrected chi connectivity index (χ1v) is 7.88. The number of rotatable bonds is 11. The van der Waals surface area contributed by atoms with Crippen molar-refractivity contribution in [3.05, 3.63) is 29.8 Å². The van der Waals surface area contributed by atoms with Gasteiger partial charge in [0.1, 0.15) is 0 Å². The summed E-state index contributed by atoms with van der Waals surface area (Å²) in [5, 5.41) is 3.47. The zero-order chi connectivity index (χ0) is 13.8. The first kappa shape index (κ1) is 16.0. The van der Waals surface area contributed by atoms with Crippen LogP contribution in [0, 0.1) is 0 Å². The molecule has 0 heterocycles. The molecule has 0 radical (unpaired) electrons. The Balaban J connectivity index is 1.90. The predicted molar refractivity (Wildman–Crippen MR) is 85.2 cm³/mol. The molecule has 2 nitrogen and oxygen atoms in total. The lowest BCUT2D eigenvalue weighted by atomic mass is 10.1. The van der Waals surface area contributed by atoms with Crippen molar-refractivity contribution in [2.45, 2.75) is 64.8 Å². The minimum absolute atomic E-state index is 0.892. The number of benzene rings is 1. The van der Waals surface area contributed by atoms with Crippen molar-refractivity contribution in [1.82, 2.24) is 5.32 Å². The van der Waals surface area contributed by atoms with Crippen molar-refractivity contribution in [1.29, 1.82) is 0 Å². The van der Waals surface area contributed by atoms with Crippen molar-refractivity contribution in [2.75, 3.05) is 12.3 Å². The molecule has 1 rings (SSSR count). The lowest BCUT2D eigenvalue weighted by Crippen LogP contribution is -2.15. The summed E-state index contributed by atoms with van der Waals surface area (Å²) in [7, 11) is 0. The molecule has 1 aromatic carbocycles. The van der Waals surface area contributed by atoms with Gasteiger partial charge < -0.3 is 11.1 Å². The van der Waals surface area contributed by atoms with E-state index in [0.29, 0.717) is 0 Å². The normalized spacial score (nSPS) is 10.8. The Kier molecular flexibility index (Phi) is 9.17. The van der Waals surface area contributed by atoms with Crippen LogP contribution in [-0.2, 0) is 6.54 Å². The van der Waals surface area contributed by atoms with Gasteiger partial charge in [-0.15, -0.1) is 0 Å². The van der Waals surface area contributed by atoms with E-state index in [4.69, 9.17) is 5.73 Å². The first-order valence-electron chi connectivity index (χ1n) is 7.88. The molecule has 0 bridgehead atoms. The molecule has 0 amide bonds. The van der Waals surface area contributed by atoms with Gasteiger partial charge in [-0.2, -0.15) is 0 Å². The highest BCUT2D eigenvalue weighted by molar-refractivity contribution is 5.46. The zero-order valence-electron chi connectivity index (χ0n) is 12.5. The van der Waals surface area contributed by atoms with Gasteiger partial charge in [0.05, 0.1) is 0 Å². The van der Waals surface area contributed by atoms with Gasteiger partial charge in [0.15, 0.2) is 0 Å². The molecule has 0 fully saturated rings. The molecule has 0 aliphatic rings. The van der Waals surface area contributed by atoms with E-state index in [9.17, 15) is 0 Å². The maximum atomic E-state index is 5.90. The molecule has 0 unspecified atom stereocenters. The fourth-order valence-electron chi connectivity index (χ4n) is 2.30. The number of anilines is 1. The van der Waals surface area contributed by atoms with Crippen molar-refractivity contribution < 1.29 is 0 Å². The molecule has 19 heavy (non-hydrogen) atoms. The molecular weight excluding hydrogens is 232 g/mol. The highest BCUT2D eigenvalue weighted by Gasteiger charge is 1.96. The number of unbranched alkanes of at least 4 members (excludes halogenated alkanes) is 7. The number of hydrogen-bond acceptors (Lipinski definition) is 2. The minimum Gasteiger partial charge on any atom is -0.398 e. The second-order valence-electron chi connectivity index (χ2n) is 5.35. The van der Waals surface area contributed by atoms with E-state index in [1.54, 1.807) is 0 Å². The zero-order valence-corrected chi connectivity index (χ0v) is 12.5. The molecule has 0 aliphatic carbocycles. The quantitative estimate of drug-likeness (QED) is 0.455. The third-order valence-corrected chi connectivity index (χ3v) is 3.58. The standard InChI is InChI=1S/C17H30N2/c1-2-3-4-5-6-7-8-11-14-19-15-16-12-9-10-13-17(16)18/h9-10,12-13,19H,2-8,11,14-15,18H2,1H3. The lowest BCUT2D eigenvalue weighted by molar-refractivity contribution is 0.555. The third kappa shape index (κ3) is 7.89. The highest BCUT2D eigenvalue weighted by Crippen LogP contribution is 2.10. The summed E-state index contributed by atoms with van der Waals surface area (Å²) in [6.45, 7) is 4.26. The van der Waals surface area contributed by atoms with Crippen LogP contribution in [0.2, 0.25) is 0 Å². The Labute approximate surface area is 118 Å². The smallest absolute Gasteiger partial charge is 0.0359 e. The van der Waals surface area contributed by atoms with Crippen molar-refractivity contribution in [3.8, 4) is 0 Å². The highest BCUT2D eigenvalue weighted by atomic mass is 14.8.